The molecule has 0 saturated carbocycles. The first-order chi connectivity index (χ1) is 14.1. The van der Waals surface area contributed by atoms with Crippen LogP contribution >= 0.6 is 0 Å². The number of aromatic nitrogens is 1. The number of amides is 1. The normalized spacial score (nSPS) is 18.7. The fourth-order valence-electron chi connectivity index (χ4n) is 3.07. The standard InChI is InChI=1S/C18H21N3O7S2/c1-3-4-9-29(24,25)11-12-10-15(20-28-12)19-18(23)16-17(22)13-7-5-6-8-14(13)30(26,27)21(16)2/h5-8,10,16H,3-4,9,11H2,1-2H3,(H,19,20,23). The van der Waals surface area contributed by atoms with Crippen molar-refractivity contribution < 1.29 is 30.9 Å². The summed E-state index contributed by atoms with van der Waals surface area (Å²) in [6, 6.07) is 5.25. The van der Waals surface area contributed by atoms with E-state index in [1.54, 1.807) is 0 Å². The van der Waals surface area contributed by atoms with Crippen LogP contribution in [0.1, 0.15) is 35.9 Å². The number of benzene rings is 1. The molecule has 1 unspecified atom stereocenters. The van der Waals surface area contributed by atoms with Gasteiger partial charge in [-0.05, 0) is 18.6 Å². The van der Waals surface area contributed by atoms with Crippen LogP contribution in [0.4, 0.5) is 5.82 Å². The Labute approximate surface area is 174 Å². The minimum Gasteiger partial charge on any atom is -0.358 e. The third-order valence-corrected chi connectivity index (χ3v) is 8.17. The number of hydrogen-bond donors (Lipinski definition) is 1. The van der Waals surface area contributed by atoms with Gasteiger partial charge in [0, 0.05) is 18.7 Å². The van der Waals surface area contributed by atoms with Crippen molar-refractivity contribution in [3.8, 4) is 0 Å². The molecule has 3 rings (SSSR count). The summed E-state index contributed by atoms with van der Waals surface area (Å²) in [6.07, 6.45) is 1.25. The quantitative estimate of drug-likeness (QED) is 0.614. The van der Waals surface area contributed by atoms with Crippen molar-refractivity contribution in [3.05, 3.63) is 41.7 Å². The molecule has 1 aromatic carbocycles. The minimum atomic E-state index is -4.04. The first-order valence-electron chi connectivity index (χ1n) is 9.15. The molecule has 0 aliphatic carbocycles. The van der Waals surface area contributed by atoms with Gasteiger partial charge in [0.05, 0.1) is 10.6 Å². The Morgan fingerprint density at radius 2 is 2.00 bits per heavy atom. The van der Waals surface area contributed by atoms with Crippen LogP contribution < -0.4 is 5.32 Å². The van der Waals surface area contributed by atoms with E-state index in [2.05, 4.69) is 10.5 Å². The lowest BCUT2D eigenvalue weighted by molar-refractivity contribution is -0.118. The highest BCUT2D eigenvalue weighted by atomic mass is 32.2. The number of carbonyl (C=O) groups excluding carboxylic acids is 2. The average Bonchev–Trinajstić information content (AvgIpc) is 3.11. The molecule has 2 aromatic rings. The molecule has 1 aromatic heterocycles. The van der Waals surface area contributed by atoms with Crippen molar-refractivity contribution in [2.24, 2.45) is 0 Å². The molecule has 30 heavy (non-hydrogen) atoms. The SMILES string of the molecule is CCCCS(=O)(=O)Cc1cc(NC(=O)C2C(=O)c3ccccc3S(=O)(=O)N2C)no1. The number of carbonyl (C=O) groups is 2. The van der Waals surface area contributed by atoms with E-state index in [9.17, 15) is 26.4 Å². The Bertz CT molecular complexity index is 1190. The van der Waals surface area contributed by atoms with Crippen LogP contribution in [0.25, 0.3) is 0 Å². The number of sulfone groups is 1. The molecule has 12 heteroatoms. The molecule has 10 nitrogen and oxygen atoms in total. The summed E-state index contributed by atoms with van der Waals surface area (Å²) in [5, 5.41) is 5.92. The third kappa shape index (κ3) is 4.30. The number of rotatable bonds is 7. The van der Waals surface area contributed by atoms with Crippen LogP contribution in [-0.4, -0.2) is 56.8 Å². The Hall–Kier alpha value is -2.57. The van der Waals surface area contributed by atoms with Crippen molar-refractivity contribution >= 4 is 37.4 Å². The van der Waals surface area contributed by atoms with Gasteiger partial charge in [-0.3, -0.25) is 9.59 Å². The van der Waals surface area contributed by atoms with Crippen molar-refractivity contribution in [1.82, 2.24) is 9.46 Å². The zero-order valence-electron chi connectivity index (χ0n) is 16.4. The number of anilines is 1. The molecule has 1 aliphatic heterocycles. The summed E-state index contributed by atoms with van der Waals surface area (Å²) < 4.78 is 55.0. The van der Waals surface area contributed by atoms with Crippen LogP contribution in [0.3, 0.4) is 0 Å². The van der Waals surface area contributed by atoms with E-state index in [0.29, 0.717) is 10.7 Å². The number of fused-ring (bicyclic) bond motifs is 1. The largest absolute Gasteiger partial charge is 0.358 e. The third-order valence-electron chi connectivity index (χ3n) is 4.65. The molecule has 1 aliphatic rings. The lowest BCUT2D eigenvalue weighted by Gasteiger charge is -2.30. The smallest absolute Gasteiger partial charge is 0.252 e. The zero-order chi connectivity index (χ0) is 22.1. The predicted octanol–water partition coefficient (Wildman–Crippen LogP) is 1.21. The van der Waals surface area contributed by atoms with Gasteiger partial charge in [-0.2, -0.15) is 4.31 Å². The Balaban J connectivity index is 1.79. The van der Waals surface area contributed by atoms with Crippen LogP contribution in [0.2, 0.25) is 0 Å². The van der Waals surface area contributed by atoms with Crippen LogP contribution in [0, 0.1) is 0 Å². The average molecular weight is 456 g/mol. The van der Waals surface area contributed by atoms with Crippen LogP contribution in [-0.2, 0) is 30.4 Å². The number of hydrogen-bond acceptors (Lipinski definition) is 8. The number of ketones is 1. The maximum atomic E-state index is 12.7. The highest BCUT2D eigenvalue weighted by Gasteiger charge is 2.45. The molecular formula is C18H21N3O7S2. The first-order valence-corrected chi connectivity index (χ1v) is 12.4. The van der Waals surface area contributed by atoms with Gasteiger partial charge in [-0.1, -0.05) is 30.6 Å². The predicted molar refractivity (Wildman–Crippen MR) is 107 cm³/mol. The van der Waals surface area contributed by atoms with Crippen molar-refractivity contribution in [2.75, 3.05) is 18.1 Å². The van der Waals surface area contributed by atoms with Crippen LogP contribution in [0.15, 0.2) is 39.8 Å². The van der Waals surface area contributed by atoms with E-state index in [4.69, 9.17) is 4.52 Å². The highest BCUT2D eigenvalue weighted by Crippen LogP contribution is 2.29. The summed E-state index contributed by atoms with van der Waals surface area (Å²) in [5.41, 5.74) is -0.0707. The second-order valence-corrected chi connectivity index (χ2v) is 11.0. The topological polar surface area (TPSA) is 144 Å². The van der Waals surface area contributed by atoms with E-state index in [-0.39, 0.29) is 33.5 Å². The second kappa shape index (κ2) is 8.28. The van der Waals surface area contributed by atoms with Crippen molar-refractivity contribution in [3.63, 3.8) is 0 Å². The second-order valence-electron chi connectivity index (χ2n) is 6.90. The molecule has 0 fully saturated rings. The van der Waals surface area contributed by atoms with Crippen molar-refractivity contribution in [2.45, 2.75) is 36.5 Å². The van der Waals surface area contributed by atoms with Gasteiger partial charge >= 0.3 is 0 Å². The van der Waals surface area contributed by atoms with Gasteiger partial charge < -0.3 is 9.84 Å². The molecular weight excluding hydrogens is 434 g/mol. The molecule has 1 atom stereocenters. The molecule has 0 bridgehead atoms. The van der Waals surface area contributed by atoms with Gasteiger partial charge in [0.15, 0.2) is 33.2 Å². The molecule has 1 N–H and O–H groups in total. The number of nitrogens with zero attached hydrogens (tertiary/aromatic N) is 2. The fraction of sp³-hybridized carbons (Fsp3) is 0.389. The number of nitrogens with one attached hydrogen (secondary N) is 1. The van der Waals surface area contributed by atoms with Crippen LogP contribution in [0.5, 0.6) is 0 Å². The van der Waals surface area contributed by atoms with Crippen molar-refractivity contribution in [1.29, 1.82) is 0 Å². The molecule has 1 amide bonds. The highest BCUT2D eigenvalue weighted by molar-refractivity contribution is 7.90. The van der Waals surface area contributed by atoms with Gasteiger partial charge in [-0.25, -0.2) is 16.8 Å². The number of sulfonamides is 1. The van der Waals surface area contributed by atoms with Gasteiger partial charge in [0.1, 0.15) is 5.75 Å². The lowest BCUT2D eigenvalue weighted by atomic mass is 10.0. The summed E-state index contributed by atoms with van der Waals surface area (Å²) >= 11 is 0. The summed E-state index contributed by atoms with van der Waals surface area (Å²) in [7, 11) is -6.29. The molecule has 0 radical (unpaired) electrons. The Morgan fingerprint density at radius 1 is 1.30 bits per heavy atom. The summed E-state index contributed by atoms with van der Waals surface area (Å²) in [4.78, 5) is 25.3. The number of Topliss-reactive ketones (excluding diaryl/α,β-unsaturated/α-hetero) is 1. The van der Waals surface area contributed by atoms with E-state index in [1.807, 2.05) is 6.92 Å². The van der Waals surface area contributed by atoms with Gasteiger partial charge in [0.25, 0.3) is 5.91 Å². The minimum absolute atomic E-state index is 0.00450. The fourth-order valence-corrected chi connectivity index (χ4v) is 5.99. The van der Waals surface area contributed by atoms with E-state index < -0.39 is 37.6 Å². The number of unbranched alkanes of at least 4 members (excludes halogenated alkanes) is 1. The van der Waals surface area contributed by atoms with E-state index in [1.165, 1.54) is 30.3 Å². The van der Waals surface area contributed by atoms with E-state index >= 15 is 0 Å². The summed E-state index contributed by atoms with van der Waals surface area (Å²) in [5.74, 6) is -2.05. The monoisotopic (exact) mass is 455 g/mol. The lowest BCUT2D eigenvalue weighted by Crippen LogP contribution is -2.53. The Morgan fingerprint density at radius 3 is 2.70 bits per heavy atom. The summed E-state index contributed by atoms with van der Waals surface area (Å²) in [6.45, 7) is 1.87. The Kier molecular flexibility index (Phi) is 6.11. The number of likely N-dealkylation sites (N-methyl/N-ethyl adjacent to an activating group) is 1. The zero-order valence-corrected chi connectivity index (χ0v) is 18.0. The molecule has 2 heterocycles. The maximum absolute atomic E-state index is 12.7. The maximum Gasteiger partial charge on any atom is 0.252 e. The van der Waals surface area contributed by atoms with E-state index in [0.717, 1.165) is 13.5 Å². The van der Waals surface area contributed by atoms with Gasteiger partial charge in [0.2, 0.25) is 10.0 Å². The first kappa shape index (κ1) is 22.1. The molecule has 0 spiro atoms. The van der Waals surface area contributed by atoms with Gasteiger partial charge in [-0.15, -0.1) is 0 Å². The molecule has 0 saturated heterocycles. The molecule has 162 valence electrons.